The molecule has 2 unspecified atom stereocenters. The molecular weight excluding hydrogens is 368 g/mol. The Bertz CT molecular complexity index is 766. The van der Waals surface area contributed by atoms with Crippen molar-refractivity contribution >= 4 is 33.5 Å². The minimum absolute atomic E-state index is 0.0488. The number of nitrogens with two attached hydrogens (primary N) is 1. The number of carbonyl (C=O) groups is 2. The van der Waals surface area contributed by atoms with Crippen LogP contribution in [0.25, 0.3) is 0 Å². The van der Waals surface area contributed by atoms with Crippen LogP contribution in [0, 0.1) is 5.92 Å². The molecule has 0 aliphatic heterocycles. The minimum atomic E-state index is -4.07. The number of hydrogen-bond donors (Lipinski definition) is 2. The number of amides is 1. The lowest BCUT2D eigenvalue weighted by Gasteiger charge is -2.29. The van der Waals surface area contributed by atoms with Gasteiger partial charge in [-0.25, -0.2) is 18.4 Å². The molecule has 1 aromatic carbocycles. The van der Waals surface area contributed by atoms with Gasteiger partial charge in [0.25, 0.3) is 5.91 Å². The van der Waals surface area contributed by atoms with Crippen LogP contribution in [0.5, 0.6) is 0 Å². The molecule has 0 aromatic heterocycles. The smallest absolute Gasteiger partial charge is 0.338 e. The average molecular weight is 389 g/mol. The Kier molecular flexibility index (Phi) is 6.42. The molecule has 25 heavy (non-hydrogen) atoms. The van der Waals surface area contributed by atoms with E-state index in [1.807, 2.05) is 0 Å². The first-order chi connectivity index (χ1) is 11.7. The molecule has 3 N–H and O–H groups in total. The fourth-order valence-corrected chi connectivity index (χ4v) is 3.91. The van der Waals surface area contributed by atoms with Crippen molar-refractivity contribution in [3.63, 3.8) is 0 Å². The highest BCUT2D eigenvalue weighted by Gasteiger charge is 2.23. The molecule has 1 aliphatic rings. The summed E-state index contributed by atoms with van der Waals surface area (Å²) in [6.45, 7) is 1.65. The van der Waals surface area contributed by atoms with Crippen molar-refractivity contribution in [3.8, 4) is 0 Å². The van der Waals surface area contributed by atoms with Gasteiger partial charge in [-0.1, -0.05) is 31.4 Å². The van der Waals surface area contributed by atoms with Crippen LogP contribution in [0.3, 0.4) is 0 Å². The summed E-state index contributed by atoms with van der Waals surface area (Å²) in [4.78, 5) is 23.6. The normalized spacial score (nSPS) is 20.8. The van der Waals surface area contributed by atoms with E-state index in [0.29, 0.717) is 5.92 Å². The Labute approximate surface area is 151 Å². The van der Waals surface area contributed by atoms with Crippen LogP contribution in [0.4, 0.5) is 0 Å². The number of ether oxygens (including phenoxy) is 1. The number of benzene rings is 1. The molecule has 0 spiro atoms. The zero-order valence-electron chi connectivity index (χ0n) is 13.8. The highest BCUT2D eigenvalue weighted by atomic mass is 35.5. The van der Waals surface area contributed by atoms with Crippen molar-refractivity contribution < 1.29 is 22.7 Å². The summed E-state index contributed by atoms with van der Waals surface area (Å²) in [7, 11) is -4.07. The van der Waals surface area contributed by atoms with E-state index in [1.54, 1.807) is 0 Å². The van der Waals surface area contributed by atoms with Gasteiger partial charge in [-0.3, -0.25) is 4.79 Å². The standard InChI is InChI=1S/C16H21ClN2O5S/c1-10-4-2-3-5-13(10)19-15(20)9-24-16(21)11-6-7-12(17)14(8-11)25(18,22)23/h6-8,10,13H,2-5,9H2,1H3,(H,19,20)(H2,18,22,23). The van der Waals surface area contributed by atoms with Gasteiger partial charge in [-0.15, -0.1) is 0 Å². The maximum Gasteiger partial charge on any atom is 0.338 e. The zero-order chi connectivity index (χ0) is 18.6. The molecule has 1 fully saturated rings. The molecule has 1 saturated carbocycles. The van der Waals surface area contributed by atoms with Crippen molar-refractivity contribution in [1.82, 2.24) is 5.32 Å². The van der Waals surface area contributed by atoms with Crippen molar-refractivity contribution in [2.75, 3.05) is 6.61 Å². The first-order valence-corrected chi connectivity index (χ1v) is 9.89. The summed E-state index contributed by atoms with van der Waals surface area (Å²) in [5.41, 5.74) is -0.0488. The number of hydrogen-bond acceptors (Lipinski definition) is 5. The van der Waals surface area contributed by atoms with Crippen molar-refractivity contribution in [1.29, 1.82) is 0 Å². The summed E-state index contributed by atoms with van der Waals surface area (Å²) in [5, 5.41) is 7.81. The summed E-state index contributed by atoms with van der Waals surface area (Å²) in [6.07, 6.45) is 4.20. The van der Waals surface area contributed by atoms with Crippen LogP contribution < -0.4 is 10.5 Å². The zero-order valence-corrected chi connectivity index (χ0v) is 15.4. The highest BCUT2D eigenvalue weighted by Crippen LogP contribution is 2.24. The lowest BCUT2D eigenvalue weighted by Crippen LogP contribution is -2.42. The SMILES string of the molecule is CC1CCCCC1NC(=O)COC(=O)c1ccc(Cl)c(S(N)(=O)=O)c1. The van der Waals surface area contributed by atoms with E-state index in [-0.39, 0.29) is 27.4 Å². The minimum Gasteiger partial charge on any atom is -0.452 e. The van der Waals surface area contributed by atoms with Crippen molar-refractivity contribution in [2.45, 2.75) is 43.5 Å². The maximum absolute atomic E-state index is 12.0. The summed E-state index contributed by atoms with van der Waals surface area (Å²) in [6, 6.07) is 3.66. The van der Waals surface area contributed by atoms with Gasteiger partial charge in [0, 0.05) is 6.04 Å². The predicted octanol–water partition coefficient (Wildman–Crippen LogP) is 1.84. The molecule has 1 aliphatic carbocycles. The molecule has 9 heteroatoms. The molecule has 1 amide bonds. The third kappa shape index (κ3) is 5.42. The molecule has 2 atom stereocenters. The second kappa shape index (κ2) is 8.16. The predicted molar refractivity (Wildman–Crippen MR) is 92.7 cm³/mol. The highest BCUT2D eigenvalue weighted by molar-refractivity contribution is 7.89. The van der Waals surface area contributed by atoms with E-state index >= 15 is 0 Å². The molecule has 0 heterocycles. The number of nitrogens with one attached hydrogen (secondary N) is 1. The van der Waals surface area contributed by atoms with E-state index in [9.17, 15) is 18.0 Å². The Balaban J connectivity index is 1.95. The molecule has 0 bridgehead atoms. The van der Waals surface area contributed by atoms with Gasteiger partial charge in [-0.05, 0) is 37.0 Å². The third-order valence-corrected chi connectivity index (χ3v) is 5.66. The van der Waals surface area contributed by atoms with Gasteiger partial charge in [0.05, 0.1) is 10.6 Å². The lowest BCUT2D eigenvalue weighted by atomic mass is 9.86. The van der Waals surface area contributed by atoms with Crippen LogP contribution in [-0.4, -0.2) is 32.9 Å². The first kappa shape index (κ1) is 19.7. The molecule has 0 saturated heterocycles. The Morgan fingerprint density at radius 2 is 2.00 bits per heavy atom. The van der Waals surface area contributed by atoms with Crippen molar-refractivity contribution in [2.24, 2.45) is 11.1 Å². The fourth-order valence-electron chi connectivity index (χ4n) is 2.84. The fraction of sp³-hybridized carbons (Fsp3) is 0.500. The first-order valence-electron chi connectivity index (χ1n) is 7.97. The summed E-state index contributed by atoms with van der Waals surface area (Å²) < 4.78 is 27.8. The van der Waals surface area contributed by atoms with E-state index in [0.717, 1.165) is 31.7 Å². The molecule has 2 rings (SSSR count). The molecular formula is C16H21ClN2O5S. The van der Waals surface area contributed by atoms with Crippen LogP contribution in [-0.2, 0) is 19.6 Å². The largest absolute Gasteiger partial charge is 0.452 e. The van der Waals surface area contributed by atoms with Gasteiger partial charge in [0.2, 0.25) is 10.0 Å². The van der Waals surface area contributed by atoms with Crippen LogP contribution >= 0.6 is 11.6 Å². The van der Waals surface area contributed by atoms with E-state index in [1.165, 1.54) is 12.1 Å². The Morgan fingerprint density at radius 1 is 1.32 bits per heavy atom. The average Bonchev–Trinajstić information content (AvgIpc) is 2.54. The summed E-state index contributed by atoms with van der Waals surface area (Å²) in [5.74, 6) is -0.817. The van der Waals surface area contributed by atoms with Crippen LogP contribution in [0.1, 0.15) is 43.0 Å². The quantitative estimate of drug-likeness (QED) is 0.746. The van der Waals surface area contributed by atoms with E-state index in [4.69, 9.17) is 21.5 Å². The molecule has 138 valence electrons. The second-order valence-corrected chi connectivity index (χ2v) is 8.14. The number of carbonyl (C=O) groups excluding carboxylic acids is 2. The molecule has 0 radical (unpaired) electrons. The summed E-state index contributed by atoms with van der Waals surface area (Å²) >= 11 is 5.76. The van der Waals surface area contributed by atoms with Gasteiger partial charge in [0.1, 0.15) is 4.90 Å². The molecule has 7 nitrogen and oxygen atoms in total. The second-order valence-electron chi connectivity index (χ2n) is 6.20. The number of rotatable bonds is 5. The van der Waals surface area contributed by atoms with E-state index in [2.05, 4.69) is 12.2 Å². The Hall–Kier alpha value is -1.64. The number of sulfonamides is 1. The number of halogens is 1. The Morgan fingerprint density at radius 3 is 2.64 bits per heavy atom. The molecule has 1 aromatic rings. The van der Waals surface area contributed by atoms with Crippen LogP contribution in [0.15, 0.2) is 23.1 Å². The van der Waals surface area contributed by atoms with Gasteiger partial charge in [0.15, 0.2) is 6.61 Å². The van der Waals surface area contributed by atoms with E-state index < -0.39 is 22.6 Å². The lowest BCUT2D eigenvalue weighted by molar-refractivity contribution is -0.125. The monoisotopic (exact) mass is 388 g/mol. The van der Waals surface area contributed by atoms with Crippen molar-refractivity contribution in [3.05, 3.63) is 28.8 Å². The number of primary sulfonamides is 1. The van der Waals surface area contributed by atoms with Gasteiger partial charge in [-0.2, -0.15) is 0 Å². The maximum atomic E-state index is 12.0. The van der Waals surface area contributed by atoms with Gasteiger partial charge >= 0.3 is 5.97 Å². The topological polar surface area (TPSA) is 116 Å². The third-order valence-electron chi connectivity index (χ3n) is 4.27. The van der Waals surface area contributed by atoms with Gasteiger partial charge < -0.3 is 10.1 Å². The number of esters is 1. The van der Waals surface area contributed by atoms with Crippen LogP contribution in [0.2, 0.25) is 5.02 Å².